The molecule has 0 aromatic carbocycles. The maximum atomic E-state index is 12.9. The van der Waals surface area contributed by atoms with Gasteiger partial charge in [-0.05, 0) is 12.3 Å². The molecule has 1 amide bonds. The largest absolute Gasteiger partial charge is 0.341 e. The zero-order valence-corrected chi connectivity index (χ0v) is 10.4. The molecule has 2 fully saturated rings. The highest BCUT2D eigenvalue weighted by Gasteiger charge is 2.34. The number of alkyl halides is 1. The predicted octanol–water partition coefficient (Wildman–Crippen LogP) is 1.37. The lowest BCUT2D eigenvalue weighted by Crippen LogP contribution is -2.42. The lowest BCUT2D eigenvalue weighted by Gasteiger charge is -2.20. The number of hydrogen-bond donors (Lipinski definition) is 1. The third-order valence-corrected chi connectivity index (χ3v) is 3.55. The number of hydrogen-bond acceptors (Lipinski definition) is 2. The van der Waals surface area contributed by atoms with E-state index in [1.165, 1.54) is 0 Å². The smallest absolute Gasteiger partial charge is 0.239 e. The molecule has 2 heterocycles. The van der Waals surface area contributed by atoms with Crippen LogP contribution in [0.15, 0.2) is 0 Å². The van der Waals surface area contributed by atoms with Crippen molar-refractivity contribution in [2.24, 2.45) is 5.92 Å². The number of nitrogens with one attached hydrogen (secondary N) is 1. The maximum absolute atomic E-state index is 12.9. The molecule has 3 atom stereocenters. The van der Waals surface area contributed by atoms with Crippen LogP contribution in [0.2, 0.25) is 0 Å². The summed E-state index contributed by atoms with van der Waals surface area (Å²) in [6, 6.07) is -0.268. The van der Waals surface area contributed by atoms with E-state index < -0.39 is 6.17 Å². The zero-order valence-electron chi connectivity index (χ0n) is 9.62. The Morgan fingerprint density at radius 2 is 2.31 bits per heavy atom. The first-order valence-corrected chi connectivity index (χ1v) is 5.87. The lowest BCUT2D eigenvalue weighted by atomic mass is 10.1. The third kappa shape index (κ3) is 2.86. The molecule has 0 bridgehead atoms. The summed E-state index contributed by atoms with van der Waals surface area (Å²) in [5, 5.41) is 2.95. The Labute approximate surface area is 102 Å². The number of amides is 1. The molecular weight excluding hydrogens is 231 g/mol. The molecule has 2 rings (SSSR count). The van der Waals surface area contributed by atoms with Gasteiger partial charge in [-0.1, -0.05) is 13.3 Å². The molecule has 0 saturated carbocycles. The highest BCUT2D eigenvalue weighted by atomic mass is 35.5. The van der Waals surface area contributed by atoms with Gasteiger partial charge in [0, 0.05) is 26.1 Å². The minimum Gasteiger partial charge on any atom is -0.341 e. The first-order chi connectivity index (χ1) is 7.20. The van der Waals surface area contributed by atoms with Gasteiger partial charge in [0.15, 0.2) is 0 Å². The van der Waals surface area contributed by atoms with Crippen LogP contribution in [0, 0.1) is 5.92 Å². The fourth-order valence-corrected chi connectivity index (χ4v) is 2.47. The molecule has 1 N–H and O–H groups in total. The molecule has 16 heavy (non-hydrogen) atoms. The average molecular weight is 251 g/mol. The summed E-state index contributed by atoms with van der Waals surface area (Å²) in [7, 11) is 0. The second-order valence-corrected chi connectivity index (χ2v) is 4.64. The van der Waals surface area contributed by atoms with Crippen LogP contribution in [0.4, 0.5) is 4.39 Å². The molecule has 94 valence electrons. The zero-order chi connectivity index (χ0) is 10.8. The summed E-state index contributed by atoms with van der Waals surface area (Å²) in [5.74, 6) is 0.752. The summed E-state index contributed by atoms with van der Waals surface area (Å²) in [6.07, 6.45) is 1.75. The fourth-order valence-electron chi connectivity index (χ4n) is 2.47. The number of likely N-dealkylation sites (tertiary alicyclic amines) is 1. The van der Waals surface area contributed by atoms with E-state index in [2.05, 4.69) is 12.2 Å². The van der Waals surface area contributed by atoms with Crippen LogP contribution in [0.5, 0.6) is 0 Å². The molecule has 2 aliphatic rings. The van der Waals surface area contributed by atoms with Crippen LogP contribution in [0.25, 0.3) is 0 Å². The van der Waals surface area contributed by atoms with Crippen molar-refractivity contribution in [1.29, 1.82) is 0 Å². The van der Waals surface area contributed by atoms with Crippen molar-refractivity contribution < 1.29 is 9.18 Å². The van der Waals surface area contributed by atoms with Gasteiger partial charge in [-0.25, -0.2) is 4.39 Å². The normalized spacial score (nSPS) is 33.9. The van der Waals surface area contributed by atoms with E-state index in [1.54, 1.807) is 0 Å². The summed E-state index contributed by atoms with van der Waals surface area (Å²) < 4.78 is 12.9. The van der Waals surface area contributed by atoms with E-state index in [4.69, 9.17) is 0 Å². The third-order valence-electron chi connectivity index (χ3n) is 3.55. The summed E-state index contributed by atoms with van der Waals surface area (Å²) >= 11 is 0. The van der Waals surface area contributed by atoms with Gasteiger partial charge in [0.2, 0.25) is 5.91 Å². The summed E-state index contributed by atoms with van der Waals surface area (Å²) in [6.45, 7) is 4.21. The topological polar surface area (TPSA) is 32.3 Å². The molecule has 2 saturated heterocycles. The van der Waals surface area contributed by atoms with Gasteiger partial charge in [0.05, 0.1) is 6.04 Å². The van der Waals surface area contributed by atoms with E-state index in [0.29, 0.717) is 18.9 Å². The van der Waals surface area contributed by atoms with E-state index in [9.17, 15) is 9.18 Å². The molecule has 0 aromatic heterocycles. The van der Waals surface area contributed by atoms with Crippen molar-refractivity contribution in [3.63, 3.8) is 0 Å². The second kappa shape index (κ2) is 5.82. The van der Waals surface area contributed by atoms with Crippen molar-refractivity contribution in [3.8, 4) is 0 Å². The molecule has 1 unspecified atom stereocenters. The monoisotopic (exact) mass is 250 g/mol. The molecule has 0 aromatic rings. The first kappa shape index (κ1) is 13.7. The minimum atomic E-state index is -0.844. The lowest BCUT2D eigenvalue weighted by molar-refractivity contribution is -0.132. The number of nitrogens with zero attached hydrogens (tertiary/aromatic N) is 1. The Kier molecular flexibility index (Phi) is 4.99. The number of carbonyl (C=O) groups is 1. The van der Waals surface area contributed by atoms with Crippen molar-refractivity contribution in [2.45, 2.75) is 38.4 Å². The van der Waals surface area contributed by atoms with Crippen molar-refractivity contribution >= 4 is 18.3 Å². The van der Waals surface area contributed by atoms with E-state index in [-0.39, 0.29) is 24.4 Å². The fraction of sp³-hybridized carbons (Fsp3) is 0.909. The molecule has 0 aliphatic carbocycles. The van der Waals surface area contributed by atoms with E-state index in [1.807, 2.05) is 4.90 Å². The van der Waals surface area contributed by atoms with Crippen LogP contribution in [-0.4, -0.2) is 42.7 Å². The Hall–Kier alpha value is -0.350. The van der Waals surface area contributed by atoms with E-state index >= 15 is 0 Å². The van der Waals surface area contributed by atoms with Crippen molar-refractivity contribution in [2.75, 3.05) is 19.6 Å². The Balaban J connectivity index is 0.00000128. The van der Waals surface area contributed by atoms with Crippen LogP contribution < -0.4 is 5.32 Å². The van der Waals surface area contributed by atoms with E-state index in [0.717, 1.165) is 25.9 Å². The molecule has 5 heteroatoms. The predicted molar refractivity (Wildman–Crippen MR) is 63.5 cm³/mol. The van der Waals surface area contributed by atoms with Gasteiger partial charge in [0.1, 0.15) is 6.17 Å². The van der Waals surface area contributed by atoms with Gasteiger partial charge in [-0.3, -0.25) is 4.79 Å². The Morgan fingerprint density at radius 1 is 1.56 bits per heavy atom. The maximum Gasteiger partial charge on any atom is 0.239 e. The van der Waals surface area contributed by atoms with Crippen LogP contribution in [0.1, 0.15) is 26.2 Å². The van der Waals surface area contributed by atoms with Gasteiger partial charge in [-0.15, -0.1) is 12.4 Å². The molecule has 3 nitrogen and oxygen atoms in total. The van der Waals surface area contributed by atoms with Crippen LogP contribution >= 0.6 is 12.4 Å². The number of rotatable bonds is 2. The quantitative estimate of drug-likeness (QED) is 0.803. The molecule has 0 spiro atoms. The minimum absolute atomic E-state index is 0. The Bertz CT molecular complexity index is 252. The average Bonchev–Trinajstić information content (AvgIpc) is 2.84. The number of carbonyl (C=O) groups excluding carboxylic acids is 1. The van der Waals surface area contributed by atoms with Gasteiger partial charge in [-0.2, -0.15) is 0 Å². The molecular formula is C11H20ClFN2O. The van der Waals surface area contributed by atoms with Crippen molar-refractivity contribution in [1.82, 2.24) is 10.2 Å². The van der Waals surface area contributed by atoms with Gasteiger partial charge in [0.25, 0.3) is 0 Å². The molecule has 0 radical (unpaired) electrons. The highest BCUT2D eigenvalue weighted by molar-refractivity contribution is 5.85. The highest BCUT2D eigenvalue weighted by Crippen LogP contribution is 2.21. The molecule has 2 aliphatic heterocycles. The summed E-state index contributed by atoms with van der Waals surface area (Å²) in [4.78, 5) is 13.8. The van der Waals surface area contributed by atoms with Crippen molar-refractivity contribution in [3.05, 3.63) is 0 Å². The second-order valence-electron chi connectivity index (χ2n) is 4.64. The van der Waals surface area contributed by atoms with Gasteiger partial charge < -0.3 is 10.2 Å². The SMILES string of the molecule is CCC1CCN(C(=O)[C@H]2C[C@H](F)CN2)C1.Cl. The number of halogens is 2. The van der Waals surface area contributed by atoms with Gasteiger partial charge >= 0.3 is 0 Å². The summed E-state index contributed by atoms with van der Waals surface area (Å²) in [5.41, 5.74) is 0. The Morgan fingerprint density at radius 3 is 2.81 bits per heavy atom. The van der Waals surface area contributed by atoms with Crippen LogP contribution in [0.3, 0.4) is 0 Å². The van der Waals surface area contributed by atoms with Crippen LogP contribution in [-0.2, 0) is 4.79 Å². The first-order valence-electron chi connectivity index (χ1n) is 5.87. The standard InChI is InChI=1S/C11H19FN2O.ClH/c1-2-8-3-4-14(7-8)11(15)10-5-9(12)6-13-10;/h8-10,13H,2-7H2,1H3;1H/t8?,9-,10+;/m0./s1.